The lowest BCUT2D eigenvalue weighted by molar-refractivity contribution is -0.136. The van der Waals surface area contributed by atoms with Crippen molar-refractivity contribution in [2.75, 3.05) is 14.1 Å². The number of ether oxygens (including phenoxy) is 1. The number of hydrogen-bond acceptors (Lipinski definition) is 4. The molecule has 0 N–H and O–H groups in total. The van der Waals surface area contributed by atoms with E-state index in [1.165, 1.54) is 14.1 Å². The second-order valence-corrected chi connectivity index (χ2v) is 3.91. The van der Waals surface area contributed by atoms with E-state index < -0.39 is 24.1 Å². The molecule has 0 radical (unpaired) electrons. The van der Waals surface area contributed by atoms with Gasteiger partial charge in [0.2, 0.25) is 0 Å². The van der Waals surface area contributed by atoms with Gasteiger partial charge in [-0.1, -0.05) is 18.2 Å². The quantitative estimate of drug-likeness (QED) is 0.570. The van der Waals surface area contributed by atoms with Crippen LogP contribution in [0.25, 0.3) is 0 Å². The first-order valence-electron chi connectivity index (χ1n) is 5.33. The number of hydrogen-bond donors (Lipinski definition) is 0. The number of nitrogens with zero attached hydrogens (tertiary/aromatic N) is 2. The first kappa shape index (κ1) is 12.1. The molecule has 0 aliphatic carbocycles. The van der Waals surface area contributed by atoms with Gasteiger partial charge in [0.05, 0.1) is 5.56 Å². The molecular weight excluding hydrogens is 236 g/mol. The number of amides is 3. The van der Waals surface area contributed by atoms with E-state index in [9.17, 15) is 14.4 Å². The standard InChI is InChI=1S/C12H12N2O4/c1-13-9(15)10(14(2)12(13)17)18-11(16)8-6-4-3-5-7-8/h3-7,10H,1-2H3. The van der Waals surface area contributed by atoms with Crippen molar-refractivity contribution >= 4 is 17.9 Å². The largest absolute Gasteiger partial charge is 0.428 e. The van der Waals surface area contributed by atoms with Crippen LogP contribution in [0, 0.1) is 0 Å². The normalized spacial score (nSPS) is 19.3. The van der Waals surface area contributed by atoms with E-state index in [4.69, 9.17) is 4.74 Å². The monoisotopic (exact) mass is 248 g/mol. The average Bonchev–Trinajstić information content (AvgIpc) is 2.57. The zero-order chi connectivity index (χ0) is 13.3. The van der Waals surface area contributed by atoms with Gasteiger partial charge in [-0.05, 0) is 12.1 Å². The zero-order valence-electron chi connectivity index (χ0n) is 9.99. The van der Waals surface area contributed by atoms with E-state index in [-0.39, 0.29) is 0 Å². The predicted molar refractivity (Wildman–Crippen MR) is 61.6 cm³/mol. The minimum absolute atomic E-state index is 0.334. The fourth-order valence-corrected chi connectivity index (χ4v) is 1.64. The summed E-state index contributed by atoms with van der Waals surface area (Å²) in [5.41, 5.74) is 0.334. The summed E-state index contributed by atoms with van der Waals surface area (Å²) in [4.78, 5) is 36.9. The van der Waals surface area contributed by atoms with Crippen molar-refractivity contribution in [2.24, 2.45) is 0 Å². The highest BCUT2D eigenvalue weighted by Gasteiger charge is 2.43. The topological polar surface area (TPSA) is 66.9 Å². The minimum Gasteiger partial charge on any atom is -0.428 e. The highest BCUT2D eigenvalue weighted by Crippen LogP contribution is 2.16. The minimum atomic E-state index is -1.18. The molecule has 1 atom stereocenters. The molecule has 94 valence electrons. The van der Waals surface area contributed by atoms with Gasteiger partial charge in [-0.2, -0.15) is 0 Å². The van der Waals surface area contributed by atoms with Crippen LogP contribution in [0.5, 0.6) is 0 Å². The van der Waals surface area contributed by atoms with Crippen molar-refractivity contribution in [1.82, 2.24) is 9.80 Å². The fourth-order valence-electron chi connectivity index (χ4n) is 1.64. The molecule has 18 heavy (non-hydrogen) atoms. The number of carbonyl (C=O) groups excluding carboxylic acids is 3. The molecule has 1 unspecified atom stereocenters. The van der Waals surface area contributed by atoms with Gasteiger partial charge in [-0.15, -0.1) is 0 Å². The van der Waals surface area contributed by atoms with Crippen molar-refractivity contribution in [3.8, 4) is 0 Å². The van der Waals surface area contributed by atoms with Gasteiger partial charge in [0, 0.05) is 14.1 Å². The molecule has 6 nitrogen and oxygen atoms in total. The summed E-state index contributed by atoms with van der Waals surface area (Å²) < 4.78 is 5.04. The first-order chi connectivity index (χ1) is 8.52. The third-order valence-corrected chi connectivity index (χ3v) is 2.71. The Morgan fingerprint density at radius 2 is 1.78 bits per heavy atom. The molecule has 0 aromatic heterocycles. The van der Waals surface area contributed by atoms with E-state index in [1.807, 2.05) is 0 Å². The van der Waals surface area contributed by atoms with Crippen molar-refractivity contribution in [3.63, 3.8) is 0 Å². The summed E-state index contributed by atoms with van der Waals surface area (Å²) in [6, 6.07) is 7.80. The Hall–Kier alpha value is -2.37. The predicted octanol–water partition coefficient (Wildman–Crippen LogP) is 0.693. The SMILES string of the molecule is CN1C(=O)C(OC(=O)c2ccccc2)N(C)C1=O. The third-order valence-electron chi connectivity index (χ3n) is 2.71. The van der Waals surface area contributed by atoms with Crippen LogP contribution in [-0.2, 0) is 9.53 Å². The van der Waals surface area contributed by atoms with Crippen molar-refractivity contribution in [1.29, 1.82) is 0 Å². The Bertz CT molecular complexity index is 500. The van der Waals surface area contributed by atoms with E-state index >= 15 is 0 Å². The van der Waals surface area contributed by atoms with E-state index in [0.717, 1.165) is 9.80 Å². The lowest BCUT2D eigenvalue weighted by Gasteiger charge is -2.16. The number of benzene rings is 1. The van der Waals surface area contributed by atoms with Gasteiger partial charge in [0.25, 0.3) is 12.1 Å². The number of carbonyl (C=O) groups is 3. The second kappa shape index (κ2) is 4.48. The van der Waals surface area contributed by atoms with Gasteiger partial charge in [0.15, 0.2) is 0 Å². The molecule has 1 heterocycles. The zero-order valence-corrected chi connectivity index (χ0v) is 9.99. The molecule has 3 amide bonds. The van der Waals surface area contributed by atoms with E-state index in [2.05, 4.69) is 0 Å². The van der Waals surface area contributed by atoms with Crippen LogP contribution in [-0.4, -0.2) is 48.0 Å². The number of urea groups is 1. The molecule has 6 heteroatoms. The third kappa shape index (κ3) is 1.92. The Morgan fingerprint density at radius 3 is 2.28 bits per heavy atom. The lowest BCUT2D eigenvalue weighted by Crippen LogP contribution is -2.35. The molecule has 1 aromatic rings. The summed E-state index contributed by atoms with van der Waals surface area (Å²) in [6.45, 7) is 0. The van der Waals surface area contributed by atoms with Crippen molar-refractivity contribution in [2.45, 2.75) is 6.23 Å². The van der Waals surface area contributed by atoms with Crippen LogP contribution in [0.1, 0.15) is 10.4 Å². The first-order valence-corrected chi connectivity index (χ1v) is 5.33. The fraction of sp³-hybridized carbons (Fsp3) is 0.250. The van der Waals surface area contributed by atoms with Crippen LogP contribution >= 0.6 is 0 Å². The molecule has 1 saturated heterocycles. The molecule has 0 spiro atoms. The smallest absolute Gasteiger partial charge is 0.340 e. The number of imide groups is 1. The second-order valence-electron chi connectivity index (χ2n) is 3.91. The van der Waals surface area contributed by atoms with Crippen molar-refractivity contribution in [3.05, 3.63) is 35.9 Å². The number of likely N-dealkylation sites (N-methyl/N-ethyl adjacent to an activating group) is 2. The van der Waals surface area contributed by atoms with Gasteiger partial charge in [-0.3, -0.25) is 14.6 Å². The average molecular weight is 248 g/mol. The van der Waals surface area contributed by atoms with Gasteiger partial charge in [0.1, 0.15) is 0 Å². The Morgan fingerprint density at radius 1 is 1.17 bits per heavy atom. The number of esters is 1. The molecule has 1 aliphatic heterocycles. The summed E-state index contributed by atoms with van der Waals surface area (Å²) >= 11 is 0. The lowest BCUT2D eigenvalue weighted by atomic mass is 10.2. The molecule has 1 aliphatic rings. The highest BCUT2D eigenvalue weighted by atomic mass is 16.6. The maximum atomic E-state index is 11.8. The molecule has 1 aromatic carbocycles. The summed E-state index contributed by atoms with van der Waals surface area (Å²) in [7, 11) is 2.75. The van der Waals surface area contributed by atoms with Crippen LogP contribution in [0.4, 0.5) is 4.79 Å². The van der Waals surface area contributed by atoms with E-state index in [0.29, 0.717) is 5.56 Å². The Kier molecular flexibility index (Phi) is 3.01. The summed E-state index contributed by atoms with van der Waals surface area (Å²) in [5, 5.41) is 0. The molecule has 1 fully saturated rings. The van der Waals surface area contributed by atoms with Crippen LogP contribution in [0.15, 0.2) is 30.3 Å². The Labute approximate surface area is 104 Å². The molecule has 2 rings (SSSR count). The molecule has 0 saturated carbocycles. The maximum Gasteiger partial charge on any atom is 0.340 e. The van der Waals surface area contributed by atoms with Gasteiger partial charge >= 0.3 is 12.0 Å². The maximum absolute atomic E-state index is 11.8. The van der Waals surface area contributed by atoms with Crippen LogP contribution < -0.4 is 0 Å². The molecule has 0 bridgehead atoms. The summed E-state index contributed by atoms with van der Waals surface area (Å²) in [5.74, 6) is -1.18. The molecular formula is C12H12N2O4. The summed E-state index contributed by atoms with van der Waals surface area (Å²) in [6.07, 6.45) is -1.18. The van der Waals surface area contributed by atoms with Crippen LogP contribution in [0.2, 0.25) is 0 Å². The van der Waals surface area contributed by atoms with Gasteiger partial charge in [-0.25, -0.2) is 9.59 Å². The van der Waals surface area contributed by atoms with Crippen molar-refractivity contribution < 1.29 is 19.1 Å². The highest BCUT2D eigenvalue weighted by molar-refractivity contribution is 6.04. The Balaban J connectivity index is 2.13. The van der Waals surface area contributed by atoms with Crippen LogP contribution in [0.3, 0.4) is 0 Å². The van der Waals surface area contributed by atoms with Gasteiger partial charge < -0.3 is 4.74 Å². The van der Waals surface area contributed by atoms with E-state index in [1.54, 1.807) is 30.3 Å². The number of rotatable bonds is 2.